The summed E-state index contributed by atoms with van der Waals surface area (Å²) in [5, 5.41) is 0.541. The first-order chi connectivity index (χ1) is 8.04. The Morgan fingerprint density at radius 1 is 1.24 bits per heavy atom. The molecule has 5 nitrogen and oxygen atoms in total. The molecule has 2 rings (SSSR count). The summed E-state index contributed by atoms with van der Waals surface area (Å²) in [6, 6.07) is 6.76. The molecule has 0 spiro atoms. The van der Waals surface area contributed by atoms with Crippen LogP contribution in [0.2, 0.25) is 0 Å². The van der Waals surface area contributed by atoms with Crippen LogP contribution >= 0.6 is 11.8 Å². The van der Waals surface area contributed by atoms with Gasteiger partial charge in [0.15, 0.2) is 5.16 Å². The number of aromatic amines is 1. The second-order valence-electron chi connectivity index (χ2n) is 3.58. The van der Waals surface area contributed by atoms with Gasteiger partial charge in [0, 0.05) is 16.7 Å². The predicted octanol–water partition coefficient (Wildman–Crippen LogP) is 1.39. The molecule has 0 fully saturated rings. The number of rotatable bonds is 2. The fraction of sp³-hybridized carbons (Fsp3) is 0.0909. The van der Waals surface area contributed by atoms with E-state index in [0.29, 0.717) is 22.2 Å². The minimum Gasteiger partial charge on any atom is -0.397 e. The Labute approximate surface area is 102 Å². The van der Waals surface area contributed by atoms with Gasteiger partial charge in [-0.1, -0.05) is 11.8 Å². The highest BCUT2D eigenvalue weighted by atomic mass is 32.2. The van der Waals surface area contributed by atoms with Gasteiger partial charge in [-0.2, -0.15) is 0 Å². The summed E-state index contributed by atoms with van der Waals surface area (Å²) in [4.78, 5) is 19.0. The van der Waals surface area contributed by atoms with Crippen molar-refractivity contribution in [3.05, 3.63) is 40.3 Å². The summed E-state index contributed by atoms with van der Waals surface area (Å²) in [6.07, 6.45) is 0. The number of nitrogens with zero attached hydrogens (tertiary/aromatic N) is 1. The van der Waals surface area contributed by atoms with Crippen LogP contribution in [0.3, 0.4) is 0 Å². The Hall–Kier alpha value is -1.95. The molecular formula is C11H12N4OS. The lowest BCUT2D eigenvalue weighted by Gasteiger charge is -2.04. The fourth-order valence-corrected chi connectivity index (χ4v) is 2.21. The lowest BCUT2D eigenvalue weighted by atomic mass is 10.3. The molecule has 0 saturated heterocycles. The molecule has 6 heteroatoms. The number of nitrogens with two attached hydrogens (primary N) is 2. The second-order valence-corrected chi connectivity index (χ2v) is 4.65. The summed E-state index contributed by atoms with van der Waals surface area (Å²) in [6.45, 7) is 1.77. The molecule has 0 aliphatic heterocycles. The first kappa shape index (κ1) is 11.5. The lowest BCUT2D eigenvalue weighted by Crippen LogP contribution is -2.07. The minimum atomic E-state index is -0.164. The van der Waals surface area contributed by atoms with Gasteiger partial charge in [0.25, 0.3) is 5.56 Å². The highest BCUT2D eigenvalue weighted by molar-refractivity contribution is 7.99. The number of nitrogens with one attached hydrogen (secondary N) is 1. The van der Waals surface area contributed by atoms with Gasteiger partial charge in [-0.05, 0) is 25.1 Å². The minimum absolute atomic E-state index is 0.164. The van der Waals surface area contributed by atoms with Crippen molar-refractivity contribution in [3.63, 3.8) is 0 Å². The van der Waals surface area contributed by atoms with Gasteiger partial charge in [-0.3, -0.25) is 4.79 Å². The summed E-state index contributed by atoms with van der Waals surface area (Å²) < 4.78 is 0. The highest BCUT2D eigenvalue weighted by Crippen LogP contribution is 2.28. The zero-order chi connectivity index (χ0) is 12.4. The monoisotopic (exact) mass is 248 g/mol. The van der Waals surface area contributed by atoms with Gasteiger partial charge in [-0.25, -0.2) is 4.98 Å². The first-order valence-electron chi connectivity index (χ1n) is 4.95. The van der Waals surface area contributed by atoms with Gasteiger partial charge in [0.1, 0.15) is 0 Å². The third kappa shape index (κ3) is 2.79. The first-order valence-corrected chi connectivity index (χ1v) is 5.77. The van der Waals surface area contributed by atoms with Crippen molar-refractivity contribution >= 4 is 23.1 Å². The van der Waals surface area contributed by atoms with Crippen molar-refractivity contribution < 1.29 is 0 Å². The molecular weight excluding hydrogens is 236 g/mol. The largest absolute Gasteiger partial charge is 0.397 e. The van der Waals surface area contributed by atoms with Crippen LogP contribution in [0.4, 0.5) is 11.4 Å². The normalized spacial score (nSPS) is 10.4. The maximum Gasteiger partial charge on any atom is 0.251 e. The molecule has 0 radical (unpaired) electrons. The van der Waals surface area contributed by atoms with Crippen LogP contribution in [0.1, 0.15) is 5.69 Å². The fourth-order valence-electron chi connectivity index (χ4n) is 1.33. The van der Waals surface area contributed by atoms with E-state index in [2.05, 4.69) is 9.97 Å². The Morgan fingerprint density at radius 3 is 2.65 bits per heavy atom. The van der Waals surface area contributed by atoms with Crippen LogP contribution in [0.15, 0.2) is 39.1 Å². The SMILES string of the molecule is Cc1cc(=O)[nH]c(Sc2ccc(N)c(N)c2)n1. The van der Waals surface area contributed by atoms with E-state index >= 15 is 0 Å². The number of nitrogen functional groups attached to an aromatic ring is 2. The molecule has 17 heavy (non-hydrogen) atoms. The molecule has 5 N–H and O–H groups in total. The zero-order valence-electron chi connectivity index (χ0n) is 9.23. The Balaban J connectivity index is 2.31. The summed E-state index contributed by atoms with van der Waals surface area (Å²) in [5.41, 5.74) is 12.9. The third-order valence-corrected chi connectivity index (χ3v) is 3.00. The van der Waals surface area contributed by atoms with Crippen LogP contribution in [0.25, 0.3) is 0 Å². The number of hydrogen-bond donors (Lipinski definition) is 3. The van der Waals surface area contributed by atoms with E-state index < -0.39 is 0 Å². The van der Waals surface area contributed by atoms with Crippen molar-refractivity contribution in [3.8, 4) is 0 Å². The van der Waals surface area contributed by atoms with Crippen molar-refractivity contribution in [2.45, 2.75) is 17.0 Å². The van der Waals surface area contributed by atoms with Gasteiger partial charge >= 0.3 is 0 Å². The van der Waals surface area contributed by atoms with Gasteiger partial charge in [0.2, 0.25) is 0 Å². The quantitative estimate of drug-likeness (QED) is 0.551. The standard InChI is InChI=1S/C11H12N4OS/c1-6-4-10(16)15-11(14-6)17-7-2-3-8(12)9(13)5-7/h2-5H,12-13H2,1H3,(H,14,15,16). The summed E-state index contributed by atoms with van der Waals surface area (Å²) in [5.74, 6) is 0. The number of H-pyrrole nitrogens is 1. The molecule has 0 atom stereocenters. The van der Waals surface area contributed by atoms with E-state index in [0.717, 1.165) is 4.90 Å². The number of aryl methyl sites for hydroxylation is 1. The number of hydrogen-bond acceptors (Lipinski definition) is 5. The molecule has 1 aromatic carbocycles. The highest BCUT2D eigenvalue weighted by Gasteiger charge is 2.03. The summed E-state index contributed by atoms with van der Waals surface area (Å²) >= 11 is 1.34. The maximum atomic E-state index is 11.3. The van der Waals surface area contributed by atoms with E-state index in [-0.39, 0.29) is 5.56 Å². The topological polar surface area (TPSA) is 97.8 Å². The Kier molecular flexibility index (Phi) is 3.06. The van der Waals surface area contributed by atoms with E-state index in [1.807, 2.05) is 6.07 Å². The molecule has 0 bridgehead atoms. The van der Waals surface area contributed by atoms with Crippen molar-refractivity contribution in [2.75, 3.05) is 11.5 Å². The number of anilines is 2. The Morgan fingerprint density at radius 2 is 2.00 bits per heavy atom. The molecule has 1 heterocycles. The van der Waals surface area contributed by atoms with Crippen molar-refractivity contribution in [1.29, 1.82) is 0 Å². The molecule has 88 valence electrons. The molecule has 2 aromatic rings. The average Bonchev–Trinajstić information content (AvgIpc) is 2.22. The summed E-state index contributed by atoms with van der Waals surface area (Å²) in [7, 11) is 0. The van der Waals surface area contributed by atoms with Crippen LogP contribution < -0.4 is 17.0 Å². The van der Waals surface area contributed by atoms with Gasteiger partial charge in [-0.15, -0.1) is 0 Å². The number of aromatic nitrogens is 2. The second kappa shape index (κ2) is 4.50. The van der Waals surface area contributed by atoms with Crippen LogP contribution in [0, 0.1) is 6.92 Å². The molecule has 0 unspecified atom stereocenters. The number of benzene rings is 1. The molecule has 0 aliphatic rings. The van der Waals surface area contributed by atoms with Gasteiger partial charge in [0.05, 0.1) is 11.4 Å². The Bertz CT molecular complexity index is 609. The van der Waals surface area contributed by atoms with E-state index in [4.69, 9.17) is 11.5 Å². The van der Waals surface area contributed by atoms with E-state index in [1.54, 1.807) is 19.1 Å². The van der Waals surface area contributed by atoms with Crippen LogP contribution in [-0.2, 0) is 0 Å². The van der Waals surface area contributed by atoms with Crippen LogP contribution in [0.5, 0.6) is 0 Å². The molecule has 1 aromatic heterocycles. The van der Waals surface area contributed by atoms with Crippen molar-refractivity contribution in [2.24, 2.45) is 0 Å². The molecule has 0 saturated carbocycles. The van der Waals surface area contributed by atoms with E-state index in [1.165, 1.54) is 17.8 Å². The average molecular weight is 248 g/mol. The van der Waals surface area contributed by atoms with E-state index in [9.17, 15) is 4.79 Å². The smallest absolute Gasteiger partial charge is 0.251 e. The third-order valence-electron chi connectivity index (χ3n) is 2.12. The predicted molar refractivity (Wildman–Crippen MR) is 69.0 cm³/mol. The zero-order valence-corrected chi connectivity index (χ0v) is 10.0. The molecule has 0 aliphatic carbocycles. The van der Waals surface area contributed by atoms with Gasteiger partial charge < -0.3 is 16.5 Å². The molecule has 0 amide bonds. The van der Waals surface area contributed by atoms with Crippen molar-refractivity contribution in [1.82, 2.24) is 9.97 Å². The van der Waals surface area contributed by atoms with Crippen LogP contribution in [-0.4, -0.2) is 9.97 Å². The maximum absolute atomic E-state index is 11.3. The lowest BCUT2D eigenvalue weighted by molar-refractivity contribution is 0.905.